The van der Waals surface area contributed by atoms with E-state index in [9.17, 15) is 13.2 Å². The highest BCUT2D eigenvalue weighted by molar-refractivity contribution is 9.10. The fourth-order valence-electron chi connectivity index (χ4n) is 1.91. The molecule has 0 aliphatic carbocycles. The Kier molecular flexibility index (Phi) is 5.32. The van der Waals surface area contributed by atoms with Crippen molar-refractivity contribution in [2.75, 3.05) is 0 Å². The van der Waals surface area contributed by atoms with Crippen LogP contribution in [0.2, 0.25) is 4.34 Å². The van der Waals surface area contributed by atoms with E-state index in [0.717, 1.165) is 17.0 Å². The summed E-state index contributed by atoms with van der Waals surface area (Å²) < 4.78 is 39.6. The summed E-state index contributed by atoms with van der Waals surface area (Å²) in [7, 11) is 0. The lowest BCUT2D eigenvalue weighted by Crippen LogP contribution is -2.30. The van der Waals surface area contributed by atoms with Gasteiger partial charge in [0.1, 0.15) is 0 Å². The fraction of sp³-hybridized carbons (Fsp3) is 0.231. The Bertz CT molecular complexity index is 630. The van der Waals surface area contributed by atoms with Crippen LogP contribution in [0.25, 0.3) is 0 Å². The van der Waals surface area contributed by atoms with Crippen molar-refractivity contribution in [3.05, 3.63) is 55.1 Å². The van der Waals surface area contributed by atoms with E-state index in [4.69, 9.17) is 17.4 Å². The normalized spacial score (nSPS) is 13.4. The molecule has 2 nitrogen and oxygen atoms in total. The summed E-state index contributed by atoms with van der Waals surface area (Å²) in [5, 5.41) is 0. The number of benzene rings is 1. The molecular formula is C13H11BrClF3N2S. The van der Waals surface area contributed by atoms with Crippen molar-refractivity contribution in [2.45, 2.75) is 18.6 Å². The molecule has 2 rings (SSSR count). The van der Waals surface area contributed by atoms with Crippen LogP contribution in [0.3, 0.4) is 0 Å². The van der Waals surface area contributed by atoms with Gasteiger partial charge in [0.05, 0.1) is 15.9 Å². The zero-order valence-electron chi connectivity index (χ0n) is 10.5. The number of halogens is 5. The van der Waals surface area contributed by atoms with E-state index < -0.39 is 17.8 Å². The lowest BCUT2D eigenvalue weighted by Gasteiger charge is -2.19. The molecule has 114 valence electrons. The van der Waals surface area contributed by atoms with Crippen molar-refractivity contribution in [2.24, 2.45) is 5.84 Å². The summed E-state index contributed by atoms with van der Waals surface area (Å²) >= 11 is 10.5. The van der Waals surface area contributed by atoms with Crippen molar-refractivity contribution in [3.63, 3.8) is 0 Å². The van der Waals surface area contributed by atoms with Gasteiger partial charge in [-0.3, -0.25) is 11.3 Å². The SMILES string of the molecule is NNC(Cc1ccc(Cl)s1)c1cc(C(F)(F)F)ccc1Br. The van der Waals surface area contributed by atoms with Crippen LogP contribution in [0.4, 0.5) is 13.2 Å². The Morgan fingerprint density at radius 2 is 2.00 bits per heavy atom. The van der Waals surface area contributed by atoms with Crippen molar-refractivity contribution >= 4 is 38.9 Å². The Labute approximate surface area is 137 Å². The van der Waals surface area contributed by atoms with Crippen molar-refractivity contribution in [1.82, 2.24) is 5.43 Å². The molecule has 1 heterocycles. The van der Waals surface area contributed by atoms with Crippen LogP contribution in [0, 0.1) is 0 Å². The molecule has 0 spiro atoms. The smallest absolute Gasteiger partial charge is 0.271 e. The quantitative estimate of drug-likeness (QED) is 0.565. The number of hydrogen-bond donors (Lipinski definition) is 2. The molecule has 2 aromatic rings. The molecule has 0 radical (unpaired) electrons. The Morgan fingerprint density at radius 3 is 2.52 bits per heavy atom. The van der Waals surface area contributed by atoms with Crippen LogP contribution in [0.1, 0.15) is 22.0 Å². The van der Waals surface area contributed by atoms with Crippen LogP contribution in [0.15, 0.2) is 34.8 Å². The molecule has 0 aliphatic rings. The summed E-state index contributed by atoms with van der Waals surface area (Å²) in [5.74, 6) is 5.51. The van der Waals surface area contributed by atoms with E-state index in [2.05, 4.69) is 21.4 Å². The second-order valence-corrected chi connectivity index (χ2v) is 7.02. The lowest BCUT2D eigenvalue weighted by atomic mass is 10.0. The Balaban J connectivity index is 2.33. The van der Waals surface area contributed by atoms with Gasteiger partial charge in [0.2, 0.25) is 0 Å². The van der Waals surface area contributed by atoms with Gasteiger partial charge >= 0.3 is 6.18 Å². The number of rotatable bonds is 4. The number of nitrogens with one attached hydrogen (secondary N) is 1. The fourth-order valence-corrected chi connectivity index (χ4v) is 3.56. The molecule has 1 atom stereocenters. The van der Waals surface area contributed by atoms with Gasteiger partial charge in [0, 0.05) is 15.8 Å². The molecule has 1 aromatic heterocycles. The molecular weight excluding hydrogens is 389 g/mol. The molecule has 8 heteroatoms. The zero-order chi connectivity index (χ0) is 15.6. The molecule has 0 fully saturated rings. The van der Waals surface area contributed by atoms with E-state index in [0.29, 0.717) is 20.8 Å². The maximum Gasteiger partial charge on any atom is 0.416 e. The summed E-state index contributed by atoms with van der Waals surface area (Å²) in [6, 6.07) is 6.64. The molecule has 0 saturated heterocycles. The van der Waals surface area contributed by atoms with Gasteiger partial charge in [0.25, 0.3) is 0 Å². The van der Waals surface area contributed by atoms with Gasteiger partial charge in [-0.25, -0.2) is 0 Å². The summed E-state index contributed by atoms with van der Waals surface area (Å²) in [6.45, 7) is 0. The minimum Gasteiger partial charge on any atom is -0.271 e. The third-order valence-electron chi connectivity index (χ3n) is 2.93. The molecule has 0 aliphatic heterocycles. The summed E-state index contributed by atoms with van der Waals surface area (Å²) in [4.78, 5) is 0.937. The third kappa shape index (κ3) is 4.20. The van der Waals surface area contributed by atoms with Crippen molar-refractivity contribution in [3.8, 4) is 0 Å². The predicted octanol–water partition coefficient (Wildman–Crippen LogP) is 4.93. The monoisotopic (exact) mass is 398 g/mol. The number of alkyl halides is 3. The van der Waals surface area contributed by atoms with Gasteiger partial charge in [-0.1, -0.05) is 27.5 Å². The van der Waals surface area contributed by atoms with Crippen LogP contribution < -0.4 is 11.3 Å². The number of hydrazine groups is 1. The van der Waals surface area contributed by atoms with Crippen molar-refractivity contribution < 1.29 is 13.2 Å². The maximum atomic E-state index is 12.8. The topological polar surface area (TPSA) is 38.0 Å². The van der Waals surface area contributed by atoms with Crippen LogP contribution in [-0.4, -0.2) is 0 Å². The van der Waals surface area contributed by atoms with Gasteiger partial charge in [-0.15, -0.1) is 11.3 Å². The predicted molar refractivity (Wildman–Crippen MR) is 82.2 cm³/mol. The summed E-state index contributed by atoms with van der Waals surface area (Å²) in [6.07, 6.45) is -3.94. The standard InChI is InChI=1S/C13H11BrClF3N2S/c14-10-3-1-7(13(16,17)18)5-9(10)11(20-19)6-8-2-4-12(15)21-8/h1-5,11,20H,6,19H2. The molecule has 0 amide bonds. The van der Waals surface area contributed by atoms with Crippen LogP contribution >= 0.6 is 38.9 Å². The van der Waals surface area contributed by atoms with E-state index >= 15 is 0 Å². The summed E-state index contributed by atoms with van der Waals surface area (Å²) in [5.41, 5.74) is 2.31. The molecule has 1 unspecified atom stereocenters. The van der Waals surface area contributed by atoms with Crippen LogP contribution in [0.5, 0.6) is 0 Å². The molecule has 21 heavy (non-hydrogen) atoms. The highest BCUT2D eigenvalue weighted by Gasteiger charge is 2.31. The Hall–Kier alpha value is -0.600. The number of nitrogens with two attached hydrogens (primary N) is 1. The van der Waals surface area contributed by atoms with Gasteiger partial charge in [0.15, 0.2) is 0 Å². The van der Waals surface area contributed by atoms with Crippen LogP contribution in [-0.2, 0) is 12.6 Å². The second kappa shape index (κ2) is 6.66. The van der Waals surface area contributed by atoms with E-state index in [1.165, 1.54) is 17.4 Å². The zero-order valence-corrected chi connectivity index (χ0v) is 13.7. The first kappa shape index (κ1) is 16.8. The van der Waals surface area contributed by atoms with Crippen molar-refractivity contribution in [1.29, 1.82) is 0 Å². The first-order valence-electron chi connectivity index (χ1n) is 5.88. The highest BCUT2D eigenvalue weighted by Crippen LogP contribution is 2.35. The van der Waals surface area contributed by atoms with Gasteiger partial charge < -0.3 is 0 Å². The molecule has 3 N–H and O–H groups in total. The largest absolute Gasteiger partial charge is 0.416 e. The molecule has 0 saturated carbocycles. The average Bonchev–Trinajstić information content (AvgIpc) is 2.81. The maximum absolute atomic E-state index is 12.8. The highest BCUT2D eigenvalue weighted by atomic mass is 79.9. The van der Waals surface area contributed by atoms with E-state index in [1.807, 2.05) is 6.07 Å². The molecule has 0 bridgehead atoms. The average molecular weight is 400 g/mol. The first-order valence-corrected chi connectivity index (χ1v) is 7.87. The van der Waals surface area contributed by atoms with E-state index in [1.54, 1.807) is 6.07 Å². The number of thiophene rings is 1. The van der Waals surface area contributed by atoms with Gasteiger partial charge in [-0.2, -0.15) is 13.2 Å². The third-order valence-corrected chi connectivity index (χ3v) is 4.91. The van der Waals surface area contributed by atoms with Gasteiger partial charge in [-0.05, 0) is 35.9 Å². The van der Waals surface area contributed by atoms with E-state index in [-0.39, 0.29) is 0 Å². The minimum atomic E-state index is -4.39. The Morgan fingerprint density at radius 1 is 1.29 bits per heavy atom. The first-order chi connectivity index (χ1) is 9.81. The lowest BCUT2D eigenvalue weighted by molar-refractivity contribution is -0.137. The number of hydrogen-bond acceptors (Lipinski definition) is 3. The molecule has 1 aromatic carbocycles. The second-order valence-electron chi connectivity index (χ2n) is 4.36. The minimum absolute atomic E-state index is 0.448.